The molecule has 4 rings (SSSR count). The molecule has 1 aliphatic carbocycles. The second-order valence-electron chi connectivity index (χ2n) is 7.65. The predicted molar refractivity (Wildman–Crippen MR) is 96.7 cm³/mol. The second-order valence-corrected chi connectivity index (χ2v) is 7.65. The van der Waals surface area contributed by atoms with Gasteiger partial charge in [-0.25, -0.2) is 9.97 Å². The summed E-state index contributed by atoms with van der Waals surface area (Å²) >= 11 is 0. The summed E-state index contributed by atoms with van der Waals surface area (Å²) in [4.78, 5) is 16.7. The maximum absolute atomic E-state index is 8.99. The van der Waals surface area contributed by atoms with Crippen molar-refractivity contribution >= 4 is 24.7 Å². The maximum Gasteiger partial charge on any atom is 0.142 e. The van der Waals surface area contributed by atoms with Crippen LogP contribution in [0.5, 0.6) is 0 Å². The number of H-pyrrole nitrogens is 1. The topological polar surface area (TPSA) is 71.8 Å². The lowest BCUT2D eigenvalue weighted by molar-refractivity contribution is 0.165. The number of piperidine rings is 1. The van der Waals surface area contributed by atoms with Crippen LogP contribution in [-0.4, -0.2) is 60.4 Å². The number of nitrogens with zero attached hydrogens (tertiary/aromatic N) is 5. The number of nitrogens with one attached hydrogen (secondary N) is 1. The van der Waals surface area contributed by atoms with Gasteiger partial charge in [0.15, 0.2) is 0 Å². The Morgan fingerprint density at radius 1 is 1.54 bits per heavy atom. The van der Waals surface area contributed by atoms with E-state index in [1.165, 1.54) is 12.8 Å². The molecule has 2 fully saturated rings. The summed E-state index contributed by atoms with van der Waals surface area (Å²) in [6.07, 6.45) is 7.14. The van der Waals surface area contributed by atoms with E-state index in [0.717, 1.165) is 42.3 Å². The lowest BCUT2D eigenvalue weighted by atomic mass is 9.59. The van der Waals surface area contributed by atoms with Gasteiger partial charge in [0.05, 0.1) is 18.0 Å². The fourth-order valence-electron chi connectivity index (χ4n) is 4.83. The molecule has 6 nitrogen and oxygen atoms in total. The van der Waals surface area contributed by atoms with Crippen molar-refractivity contribution in [1.29, 1.82) is 5.26 Å². The summed E-state index contributed by atoms with van der Waals surface area (Å²) in [5.41, 5.74) is 0.897. The summed E-state index contributed by atoms with van der Waals surface area (Å²) in [7, 11) is 4.56. The van der Waals surface area contributed by atoms with Crippen molar-refractivity contribution < 1.29 is 0 Å². The van der Waals surface area contributed by atoms with Crippen LogP contribution in [0.1, 0.15) is 19.3 Å². The van der Waals surface area contributed by atoms with Crippen LogP contribution in [0.25, 0.3) is 11.0 Å². The zero-order chi connectivity index (χ0) is 16.7. The van der Waals surface area contributed by atoms with Gasteiger partial charge in [-0.05, 0) is 49.7 Å². The molecule has 3 heterocycles. The van der Waals surface area contributed by atoms with E-state index >= 15 is 0 Å². The third-order valence-corrected chi connectivity index (χ3v) is 6.13. The van der Waals surface area contributed by atoms with E-state index in [2.05, 4.69) is 51.8 Å². The molecule has 1 unspecified atom stereocenters. The van der Waals surface area contributed by atoms with Crippen LogP contribution in [-0.2, 0) is 0 Å². The second kappa shape index (κ2) is 5.78. The van der Waals surface area contributed by atoms with Crippen molar-refractivity contribution in [3.8, 4) is 6.07 Å². The van der Waals surface area contributed by atoms with Crippen molar-refractivity contribution in [1.82, 2.24) is 19.9 Å². The SMILES string of the molecule is B[C@]12CC(N(C)c3ncnc4[nH]ccc34)C[C@H]1CCN(CC#N)C2. The van der Waals surface area contributed by atoms with E-state index in [0.29, 0.717) is 17.9 Å². The lowest BCUT2D eigenvalue weighted by Crippen LogP contribution is -2.42. The summed E-state index contributed by atoms with van der Waals surface area (Å²) in [5.74, 6) is 1.76. The number of nitriles is 1. The Labute approximate surface area is 143 Å². The lowest BCUT2D eigenvalue weighted by Gasteiger charge is -2.42. The highest BCUT2D eigenvalue weighted by atomic mass is 15.2. The molecule has 0 spiro atoms. The molecule has 2 aromatic heterocycles. The number of fused-ring (bicyclic) bond motifs is 2. The molecule has 1 saturated carbocycles. The summed E-state index contributed by atoms with van der Waals surface area (Å²) in [5, 5.41) is 10.4. The van der Waals surface area contributed by atoms with Crippen LogP contribution >= 0.6 is 0 Å². The van der Waals surface area contributed by atoms with Crippen molar-refractivity contribution in [2.45, 2.75) is 30.6 Å². The first-order valence-electron chi connectivity index (χ1n) is 8.71. The first kappa shape index (κ1) is 15.5. The molecular formula is C17H23BN6. The minimum Gasteiger partial charge on any atom is -0.356 e. The number of hydrogen-bond acceptors (Lipinski definition) is 5. The van der Waals surface area contributed by atoms with Gasteiger partial charge in [-0.15, -0.1) is 0 Å². The zero-order valence-corrected chi connectivity index (χ0v) is 14.4. The molecule has 3 atom stereocenters. The zero-order valence-electron chi connectivity index (χ0n) is 14.4. The molecule has 7 heteroatoms. The number of likely N-dealkylation sites (tertiary alicyclic amines) is 1. The Bertz CT molecular complexity index is 783. The molecule has 0 bridgehead atoms. The molecule has 0 amide bonds. The molecule has 24 heavy (non-hydrogen) atoms. The van der Waals surface area contributed by atoms with E-state index in [9.17, 15) is 0 Å². The minimum atomic E-state index is 0.304. The molecule has 0 radical (unpaired) electrons. The molecular weight excluding hydrogens is 299 g/mol. The first-order chi connectivity index (χ1) is 11.6. The predicted octanol–water partition coefficient (Wildman–Crippen LogP) is 1.19. The number of rotatable bonds is 3. The van der Waals surface area contributed by atoms with Crippen LogP contribution in [0, 0.1) is 17.2 Å². The fourth-order valence-corrected chi connectivity index (χ4v) is 4.83. The smallest absolute Gasteiger partial charge is 0.142 e. The largest absolute Gasteiger partial charge is 0.356 e. The van der Waals surface area contributed by atoms with Gasteiger partial charge in [0.25, 0.3) is 0 Å². The third-order valence-electron chi connectivity index (χ3n) is 6.13. The van der Waals surface area contributed by atoms with Crippen LogP contribution < -0.4 is 4.90 Å². The van der Waals surface area contributed by atoms with Gasteiger partial charge in [0, 0.05) is 19.3 Å². The van der Waals surface area contributed by atoms with E-state index in [-0.39, 0.29) is 0 Å². The summed E-state index contributed by atoms with van der Waals surface area (Å²) in [6.45, 7) is 2.65. The van der Waals surface area contributed by atoms with Gasteiger partial charge in [-0.2, -0.15) is 5.26 Å². The summed E-state index contributed by atoms with van der Waals surface area (Å²) in [6, 6.07) is 4.86. The van der Waals surface area contributed by atoms with Gasteiger partial charge in [0.1, 0.15) is 25.6 Å². The van der Waals surface area contributed by atoms with Crippen molar-refractivity contribution in [3.05, 3.63) is 18.6 Å². The molecule has 1 N–H and O–H groups in total. The highest BCUT2D eigenvalue weighted by Gasteiger charge is 2.47. The Morgan fingerprint density at radius 2 is 2.42 bits per heavy atom. The monoisotopic (exact) mass is 322 g/mol. The third kappa shape index (κ3) is 2.46. The standard InChI is InChI=1S/C17H23BN6/c1-23(16-14-2-5-20-15(14)21-11-22-16)13-8-12-3-6-24(7-4-19)10-17(12,18)9-13/h2,5,11-13H,3,6-10,18H2,1H3,(H,20,21,22)/t12-,13?,17+/m1/s1. The number of hydrogen-bond donors (Lipinski definition) is 1. The highest BCUT2D eigenvalue weighted by Crippen LogP contribution is 2.53. The average Bonchev–Trinajstić information content (AvgIpc) is 3.17. The van der Waals surface area contributed by atoms with Crippen molar-refractivity contribution in [2.24, 2.45) is 5.92 Å². The van der Waals surface area contributed by atoms with Crippen LogP contribution in [0.3, 0.4) is 0 Å². The number of aromatic nitrogens is 3. The first-order valence-corrected chi connectivity index (χ1v) is 8.71. The van der Waals surface area contributed by atoms with E-state index in [4.69, 9.17) is 5.26 Å². The van der Waals surface area contributed by atoms with Gasteiger partial charge < -0.3 is 9.88 Å². The molecule has 0 aromatic carbocycles. The number of aromatic amines is 1. The van der Waals surface area contributed by atoms with Gasteiger partial charge in [-0.1, -0.05) is 0 Å². The molecule has 2 aliphatic rings. The molecule has 124 valence electrons. The summed E-state index contributed by atoms with van der Waals surface area (Å²) < 4.78 is 0. The Balaban J connectivity index is 1.56. The highest BCUT2D eigenvalue weighted by molar-refractivity contribution is 6.16. The maximum atomic E-state index is 8.99. The molecule has 1 saturated heterocycles. The normalized spacial score (nSPS) is 30.2. The minimum absolute atomic E-state index is 0.304. The fraction of sp³-hybridized carbons (Fsp3) is 0.588. The van der Waals surface area contributed by atoms with E-state index in [1.54, 1.807) is 6.33 Å². The van der Waals surface area contributed by atoms with Gasteiger partial charge >= 0.3 is 0 Å². The van der Waals surface area contributed by atoms with Crippen LogP contribution in [0.4, 0.5) is 5.82 Å². The van der Waals surface area contributed by atoms with E-state index < -0.39 is 0 Å². The van der Waals surface area contributed by atoms with Gasteiger partial charge in [0.2, 0.25) is 0 Å². The van der Waals surface area contributed by atoms with Crippen molar-refractivity contribution in [2.75, 3.05) is 31.6 Å². The average molecular weight is 322 g/mol. The van der Waals surface area contributed by atoms with Gasteiger partial charge in [-0.3, -0.25) is 4.90 Å². The Morgan fingerprint density at radius 3 is 3.25 bits per heavy atom. The van der Waals surface area contributed by atoms with Crippen molar-refractivity contribution in [3.63, 3.8) is 0 Å². The quantitative estimate of drug-likeness (QED) is 0.679. The Hall–Kier alpha value is -2.07. The van der Waals surface area contributed by atoms with E-state index in [1.807, 2.05) is 6.20 Å². The van der Waals surface area contributed by atoms with Crippen LogP contribution in [0.15, 0.2) is 18.6 Å². The molecule has 2 aromatic rings. The Kier molecular flexibility index (Phi) is 3.72. The number of anilines is 1. The molecule has 1 aliphatic heterocycles. The van der Waals surface area contributed by atoms with Crippen LogP contribution in [0.2, 0.25) is 5.31 Å².